The van der Waals surface area contributed by atoms with Gasteiger partial charge < -0.3 is 10.4 Å². The van der Waals surface area contributed by atoms with Crippen LogP contribution in [0.15, 0.2) is 24.3 Å². The van der Waals surface area contributed by atoms with Gasteiger partial charge in [-0.05, 0) is 42.9 Å². The predicted molar refractivity (Wildman–Crippen MR) is 81.4 cm³/mol. The second kappa shape index (κ2) is 6.06. The van der Waals surface area contributed by atoms with Crippen LogP contribution in [-0.2, 0) is 15.0 Å². The molecule has 1 amide bonds. The Balaban J connectivity index is 2.14. The van der Waals surface area contributed by atoms with Crippen LogP contribution in [0.4, 0.5) is 0 Å². The molecule has 1 fully saturated rings. The summed E-state index contributed by atoms with van der Waals surface area (Å²) in [7, 11) is 0. The van der Waals surface area contributed by atoms with Crippen LogP contribution in [0.25, 0.3) is 0 Å². The second-order valence-corrected chi connectivity index (χ2v) is 6.52. The zero-order valence-electron chi connectivity index (χ0n) is 12.2. The number of halogens is 1. The topological polar surface area (TPSA) is 66.4 Å². The monoisotopic (exact) mass is 309 g/mol. The number of benzene rings is 1. The number of rotatable bonds is 6. The predicted octanol–water partition coefficient (Wildman–Crippen LogP) is 2.99. The van der Waals surface area contributed by atoms with E-state index in [1.165, 1.54) is 0 Å². The van der Waals surface area contributed by atoms with Crippen molar-refractivity contribution in [1.29, 1.82) is 0 Å². The standard InChI is InChI=1S/C16H20ClNO3/c1-10(2)8-13(14(19)20)18-15(21)16(6-7-16)11-4-3-5-12(17)9-11/h3-5,9-10,13H,6-8H2,1-2H3,(H,18,21)(H,19,20)/t13-/m1/s1. The number of carboxylic acid groups (broad SMARTS) is 1. The van der Waals surface area contributed by atoms with Gasteiger partial charge in [-0.15, -0.1) is 0 Å². The molecule has 2 rings (SSSR count). The third-order valence-corrected chi connectivity index (χ3v) is 4.11. The molecule has 0 heterocycles. The number of nitrogens with one attached hydrogen (secondary N) is 1. The SMILES string of the molecule is CC(C)C[C@@H](NC(=O)C1(c2cccc(Cl)c2)CC1)C(=O)O. The fraction of sp³-hybridized carbons (Fsp3) is 0.500. The van der Waals surface area contributed by atoms with Crippen molar-refractivity contribution in [2.75, 3.05) is 0 Å². The Morgan fingerprint density at radius 1 is 1.38 bits per heavy atom. The summed E-state index contributed by atoms with van der Waals surface area (Å²) in [6.45, 7) is 3.87. The van der Waals surface area contributed by atoms with Gasteiger partial charge in [0.1, 0.15) is 6.04 Å². The number of carbonyl (C=O) groups excluding carboxylic acids is 1. The van der Waals surface area contributed by atoms with Gasteiger partial charge in [-0.25, -0.2) is 4.79 Å². The summed E-state index contributed by atoms with van der Waals surface area (Å²) in [6, 6.07) is 6.39. The molecule has 5 heteroatoms. The maximum Gasteiger partial charge on any atom is 0.326 e. The largest absolute Gasteiger partial charge is 0.480 e. The average molecular weight is 310 g/mol. The fourth-order valence-electron chi connectivity index (χ4n) is 2.55. The molecule has 1 aliphatic rings. The third kappa shape index (κ3) is 3.56. The lowest BCUT2D eigenvalue weighted by Gasteiger charge is -2.21. The fourth-order valence-corrected chi connectivity index (χ4v) is 2.74. The van der Waals surface area contributed by atoms with Gasteiger partial charge >= 0.3 is 5.97 Å². The summed E-state index contributed by atoms with van der Waals surface area (Å²) in [6.07, 6.45) is 1.88. The van der Waals surface area contributed by atoms with E-state index in [1.807, 2.05) is 26.0 Å². The van der Waals surface area contributed by atoms with Crippen LogP contribution < -0.4 is 5.32 Å². The lowest BCUT2D eigenvalue weighted by Crippen LogP contribution is -2.46. The minimum absolute atomic E-state index is 0.202. The molecule has 21 heavy (non-hydrogen) atoms. The maximum atomic E-state index is 12.5. The first-order valence-corrected chi connectivity index (χ1v) is 7.53. The van der Waals surface area contributed by atoms with Gasteiger partial charge in [-0.3, -0.25) is 4.79 Å². The molecule has 0 aromatic heterocycles. The van der Waals surface area contributed by atoms with Gasteiger partial charge in [-0.1, -0.05) is 37.6 Å². The number of hydrogen-bond acceptors (Lipinski definition) is 2. The van der Waals surface area contributed by atoms with Crippen molar-refractivity contribution in [2.45, 2.75) is 44.6 Å². The van der Waals surface area contributed by atoms with E-state index in [4.69, 9.17) is 11.6 Å². The van der Waals surface area contributed by atoms with E-state index >= 15 is 0 Å². The van der Waals surface area contributed by atoms with E-state index < -0.39 is 17.4 Å². The smallest absolute Gasteiger partial charge is 0.326 e. The van der Waals surface area contributed by atoms with E-state index in [0.29, 0.717) is 11.4 Å². The van der Waals surface area contributed by atoms with Gasteiger partial charge in [0, 0.05) is 5.02 Å². The Morgan fingerprint density at radius 2 is 2.05 bits per heavy atom. The molecule has 4 nitrogen and oxygen atoms in total. The molecule has 0 radical (unpaired) electrons. The highest BCUT2D eigenvalue weighted by molar-refractivity contribution is 6.30. The molecule has 0 bridgehead atoms. The summed E-state index contributed by atoms with van der Waals surface area (Å²) >= 11 is 5.98. The number of aliphatic carboxylic acids is 1. The molecule has 0 unspecified atom stereocenters. The Hall–Kier alpha value is -1.55. The van der Waals surface area contributed by atoms with Crippen molar-refractivity contribution < 1.29 is 14.7 Å². The number of amides is 1. The van der Waals surface area contributed by atoms with Crippen molar-refractivity contribution in [3.05, 3.63) is 34.9 Å². The third-order valence-electron chi connectivity index (χ3n) is 3.87. The lowest BCUT2D eigenvalue weighted by molar-refractivity contribution is -0.142. The van der Waals surface area contributed by atoms with Crippen LogP contribution >= 0.6 is 11.6 Å². The highest BCUT2D eigenvalue weighted by Gasteiger charge is 2.52. The van der Waals surface area contributed by atoms with Gasteiger partial charge in [0.2, 0.25) is 5.91 Å². The number of carbonyl (C=O) groups is 2. The van der Waals surface area contributed by atoms with E-state index in [2.05, 4.69) is 5.32 Å². The second-order valence-electron chi connectivity index (χ2n) is 6.09. The highest BCUT2D eigenvalue weighted by Crippen LogP contribution is 2.49. The van der Waals surface area contributed by atoms with Gasteiger partial charge in [0.05, 0.1) is 5.41 Å². The maximum absolute atomic E-state index is 12.5. The van der Waals surface area contributed by atoms with E-state index in [1.54, 1.807) is 12.1 Å². The molecule has 2 N–H and O–H groups in total. The van der Waals surface area contributed by atoms with E-state index in [-0.39, 0.29) is 11.8 Å². The normalized spacial score (nSPS) is 17.3. The summed E-state index contributed by atoms with van der Waals surface area (Å²) in [4.78, 5) is 23.8. The molecule has 0 spiro atoms. The molecular weight excluding hydrogens is 290 g/mol. The molecule has 1 aromatic rings. The minimum atomic E-state index is -0.987. The first kappa shape index (κ1) is 15.8. The zero-order valence-corrected chi connectivity index (χ0v) is 13.0. The van der Waals surface area contributed by atoms with Gasteiger partial charge in [0.15, 0.2) is 0 Å². The Kier molecular flexibility index (Phi) is 4.57. The van der Waals surface area contributed by atoms with E-state index in [0.717, 1.165) is 18.4 Å². The first-order chi connectivity index (χ1) is 9.85. The summed E-state index contributed by atoms with van der Waals surface area (Å²) in [5.41, 5.74) is 0.261. The summed E-state index contributed by atoms with van der Waals surface area (Å²) in [5, 5.41) is 12.5. The van der Waals surface area contributed by atoms with Crippen LogP contribution in [0.3, 0.4) is 0 Å². The van der Waals surface area contributed by atoms with Crippen LogP contribution in [0.1, 0.15) is 38.7 Å². The molecule has 1 atom stereocenters. The van der Waals surface area contributed by atoms with Crippen LogP contribution in [0.5, 0.6) is 0 Å². The molecule has 1 aliphatic carbocycles. The average Bonchev–Trinajstić information content (AvgIpc) is 3.18. The van der Waals surface area contributed by atoms with Crippen LogP contribution in [0.2, 0.25) is 5.02 Å². The van der Waals surface area contributed by atoms with Crippen LogP contribution in [0, 0.1) is 5.92 Å². The van der Waals surface area contributed by atoms with Crippen LogP contribution in [-0.4, -0.2) is 23.0 Å². The molecule has 114 valence electrons. The lowest BCUT2D eigenvalue weighted by atomic mass is 9.94. The summed E-state index contributed by atoms with van der Waals surface area (Å²) < 4.78 is 0. The molecule has 1 aromatic carbocycles. The van der Waals surface area contributed by atoms with Gasteiger partial charge in [0.25, 0.3) is 0 Å². The van der Waals surface area contributed by atoms with Crippen molar-refractivity contribution >= 4 is 23.5 Å². The van der Waals surface area contributed by atoms with Crippen molar-refractivity contribution in [1.82, 2.24) is 5.32 Å². The van der Waals surface area contributed by atoms with Crippen molar-refractivity contribution in [2.24, 2.45) is 5.92 Å². The molecule has 0 saturated heterocycles. The van der Waals surface area contributed by atoms with Crippen molar-refractivity contribution in [3.63, 3.8) is 0 Å². The minimum Gasteiger partial charge on any atom is -0.480 e. The molecule has 1 saturated carbocycles. The Labute approximate surface area is 129 Å². The molecular formula is C16H20ClNO3. The highest BCUT2D eigenvalue weighted by atomic mass is 35.5. The Morgan fingerprint density at radius 3 is 2.52 bits per heavy atom. The van der Waals surface area contributed by atoms with Crippen molar-refractivity contribution in [3.8, 4) is 0 Å². The Bertz CT molecular complexity index is 552. The zero-order chi connectivity index (χ0) is 15.6. The van der Waals surface area contributed by atoms with E-state index in [9.17, 15) is 14.7 Å². The quantitative estimate of drug-likeness (QED) is 0.849. The number of hydrogen-bond donors (Lipinski definition) is 2. The molecule has 0 aliphatic heterocycles. The van der Waals surface area contributed by atoms with Gasteiger partial charge in [-0.2, -0.15) is 0 Å². The first-order valence-electron chi connectivity index (χ1n) is 7.15. The summed E-state index contributed by atoms with van der Waals surface area (Å²) in [5.74, 6) is -0.996. The number of carboxylic acids is 1.